The number of hydrogen-bond donors (Lipinski definition) is 0. The first kappa shape index (κ1) is 24.7. The lowest BCUT2D eigenvalue weighted by Crippen LogP contribution is -2.33. The summed E-state index contributed by atoms with van der Waals surface area (Å²) < 4.78 is 28.0. The number of benzene rings is 2. The molecule has 0 aromatic heterocycles. The van der Waals surface area contributed by atoms with Crippen LogP contribution in [0.25, 0.3) is 0 Å². The van der Waals surface area contributed by atoms with Crippen molar-refractivity contribution in [3.8, 4) is 11.5 Å². The summed E-state index contributed by atoms with van der Waals surface area (Å²) in [5.41, 5.74) is 0.464. The zero-order valence-corrected chi connectivity index (χ0v) is 18.7. The smallest absolute Gasteiger partial charge is 0.366 e. The summed E-state index contributed by atoms with van der Waals surface area (Å²) in [5, 5.41) is -0.172. The van der Waals surface area contributed by atoms with Crippen LogP contribution in [-0.4, -0.2) is 54.2 Å². The van der Waals surface area contributed by atoms with E-state index in [0.29, 0.717) is 22.0 Å². The molecular weight excluding hydrogens is 465 g/mol. The van der Waals surface area contributed by atoms with E-state index in [1.165, 1.54) is 12.2 Å². The van der Waals surface area contributed by atoms with E-state index in [2.05, 4.69) is 11.3 Å². The number of imide groups is 1. The maximum atomic E-state index is 12.5. The van der Waals surface area contributed by atoms with Crippen LogP contribution in [0.1, 0.15) is 10.4 Å². The largest absolute Gasteiger partial charge is 0.492 e. The Bertz CT molecular complexity index is 1100. The van der Waals surface area contributed by atoms with Crippen LogP contribution in [0.5, 0.6) is 11.5 Å². The minimum atomic E-state index is -1.17. The Morgan fingerprint density at radius 3 is 2.00 bits per heavy atom. The van der Waals surface area contributed by atoms with Gasteiger partial charge in [-0.25, -0.2) is 4.79 Å². The molecule has 1 aliphatic heterocycles. The molecule has 1 aliphatic rings. The zero-order valence-electron chi connectivity index (χ0n) is 17.9. The first-order valence-corrected chi connectivity index (χ1v) is 10.9. The van der Waals surface area contributed by atoms with Crippen LogP contribution in [-0.2, 0) is 19.1 Å². The molecule has 0 bridgehead atoms. The number of rotatable bonds is 11. The fraction of sp³-hybridized carbons (Fsp3) is 0.167. The van der Waals surface area contributed by atoms with E-state index >= 15 is 0 Å². The van der Waals surface area contributed by atoms with Gasteiger partial charge >= 0.3 is 5.97 Å². The molecule has 8 nitrogen and oxygen atoms in total. The second-order valence-electron chi connectivity index (χ2n) is 6.78. The molecule has 0 atom stereocenters. The van der Waals surface area contributed by atoms with E-state index in [9.17, 15) is 23.6 Å². The topological polar surface area (TPSA) is 99.2 Å². The van der Waals surface area contributed by atoms with E-state index < -0.39 is 11.8 Å². The molecule has 2 amide bonds. The third-order valence-electron chi connectivity index (χ3n) is 4.42. The first-order chi connectivity index (χ1) is 16.3. The van der Waals surface area contributed by atoms with Crippen LogP contribution in [0.3, 0.4) is 0 Å². The van der Waals surface area contributed by atoms with Gasteiger partial charge in [0.1, 0.15) is 31.3 Å². The van der Waals surface area contributed by atoms with Crippen molar-refractivity contribution in [3.63, 3.8) is 0 Å². The zero-order chi connectivity index (χ0) is 24.5. The minimum absolute atomic E-state index is 0.0248. The number of ether oxygens (including phenoxy) is 3. The fourth-order valence-electron chi connectivity index (χ4n) is 2.74. The van der Waals surface area contributed by atoms with Crippen molar-refractivity contribution < 1.29 is 37.8 Å². The van der Waals surface area contributed by atoms with Crippen LogP contribution < -0.4 is 9.47 Å². The van der Waals surface area contributed by atoms with Gasteiger partial charge in [0, 0.05) is 22.6 Å². The number of carbonyl (C=O) groups is 4. The number of hydrogen-bond acceptors (Lipinski definition) is 8. The van der Waals surface area contributed by atoms with Crippen molar-refractivity contribution in [3.05, 3.63) is 78.7 Å². The lowest BCUT2D eigenvalue weighted by molar-refractivity contribution is -0.141. The Labute approximate surface area is 199 Å². The molecule has 3 rings (SSSR count). The quantitative estimate of drug-likeness (QED) is 0.157. The van der Waals surface area contributed by atoms with Gasteiger partial charge in [-0.2, -0.15) is 4.39 Å². The van der Waals surface area contributed by atoms with Crippen molar-refractivity contribution in [1.29, 1.82) is 0 Å². The minimum Gasteiger partial charge on any atom is -0.492 e. The molecule has 0 spiro atoms. The molecule has 0 radical (unpaired) electrons. The highest BCUT2D eigenvalue weighted by Gasteiger charge is 2.22. The lowest BCUT2D eigenvalue weighted by Gasteiger charge is -2.14. The van der Waals surface area contributed by atoms with Gasteiger partial charge in [-0.05, 0) is 60.3 Å². The van der Waals surface area contributed by atoms with Gasteiger partial charge in [0.25, 0.3) is 11.8 Å². The highest BCUT2D eigenvalue weighted by atomic mass is 32.2. The van der Waals surface area contributed by atoms with E-state index in [1.54, 1.807) is 48.5 Å². The van der Waals surface area contributed by atoms with E-state index in [1.807, 2.05) is 0 Å². The molecule has 0 aliphatic carbocycles. The van der Waals surface area contributed by atoms with Gasteiger partial charge < -0.3 is 14.2 Å². The molecule has 2 aromatic carbocycles. The third kappa shape index (κ3) is 7.04. The van der Waals surface area contributed by atoms with E-state index in [-0.39, 0.29) is 43.3 Å². The van der Waals surface area contributed by atoms with Crippen molar-refractivity contribution >= 4 is 34.7 Å². The Hall–Kier alpha value is -3.92. The molecule has 0 saturated carbocycles. The molecule has 0 N–H and O–H groups in total. The molecular formula is C24H20FNO7S. The number of halogens is 1. The van der Waals surface area contributed by atoms with Crippen LogP contribution in [0.2, 0.25) is 0 Å². The number of amides is 2. The van der Waals surface area contributed by atoms with Crippen molar-refractivity contribution in [2.75, 3.05) is 26.4 Å². The van der Waals surface area contributed by atoms with Gasteiger partial charge in [-0.1, -0.05) is 6.58 Å². The van der Waals surface area contributed by atoms with Crippen LogP contribution >= 0.6 is 11.8 Å². The van der Waals surface area contributed by atoms with Gasteiger partial charge in [0.05, 0.1) is 6.54 Å². The Morgan fingerprint density at radius 2 is 1.41 bits per heavy atom. The molecule has 1 heterocycles. The molecule has 0 unspecified atom stereocenters. The Balaban J connectivity index is 1.41. The summed E-state index contributed by atoms with van der Waals surface area (Å²) in [5.74, 6) is -2.01. The number of nitrogens with zero attached hydrogens (tertiary/aromatic N) is 1. The highest BCUT2D eigenvalue weighted by Crippen LogP contribution is 2.26. The average Bonchev–Trinajstić information content (AvgIpc) is 3.15. The summed E-state index contributed by atoms with van der Waals surface area (Å²) in [6.45, 7) is 3.04. The van der Waals surface area contributed by atoms with Gasteiger partial charge in [-0.15, -0.1) is 0 Å². The summed E-state index contributed by atoms with van der Waals surface area (Å²) in [4.78, 5) is 48.3. The summed E-state index contributed by atoms with van der Waals surface area (Å²) in [6.07, 6.45) is 2.44. The van der Waals surface area contributed by atoms with Crippen LogP contribution in [0.4, 0.5) is 4.39 Å². The summed E-state index contributed by atoms with van der Waals surface area (Å²) >= 11 is 1.04. The maximum Gasteiger partial charge on any atom is 0.366 e. The van der Waals surface area contributed by atoms with Crippen molar-refractivity contribution in [1.82, 2.24) is 4.90 Å². The maximum absolute atomic E-state index is 12.5. The summed E-state index contributed by atoms with van der Waals surface area (Å²) in [7, 11) is 0. The van der Waals surface area contributed by atoms with Crippen molar-refractivity contribution in [2.24, 2.45) is 0 Å². The molecule has 176 valence electrons. The monoisotopic (exact) mass is 485 g/mol. The SMILES string of the molecule is C=C(F)C(=O)OCCOc1ccc(C(=O)Sc2ccc(OCCN3C(=O)C=CC3=O)cc2)cc1. The van der Waals surface area contributed by atoms with Gasteiger partial charge in [-0.3, -0.25) is 19.3 Å². The highest BCUT2D eigenvalue weighted by molar-refractivity contribution is 8.14. The number of esters is 1. The predicted octanol–water partition coefficient (Wildman–Crippen LogP) is 3.33. The third-order valence-corrected chi connectivity index (χ3v) is 5.34. The first-order valence-electron chi connectivity index (χ1n) is 10.1. The summed E-state index contributed by atoms with van der Waals surface area (Å²) in [6, 6.07) is 13.3. The van der Waals surface area contributed by atoms with Crippen LogP contribution in [0, 0.1) is 0 Å². The standard InChI is InChI=1S/C24H20FNO7S/c1-16(25)23(29)33-15-14-32-18-4-2-17(3-5-18)24(30)34-20-8-6-19(7-9-20)31-13-12-26-21(27)10-11-22(26)28/h2-11H,1,12-15H2. The molecule has 10 heteroatoms. The second-order valence-corrected chi connectivity index (χ2v) is 7.83. The molecule has 2 aromatic rings. The molecule has 0 fully saturated rings. The van der Waals surface area contributed by atoms with Crippen LogP contribution in [0.15, 0.2) is 78.0 Å². The normalized spacial score (nSPS) is 12.6. The average molecular weight is 485 g/mol. The number of carbonyl (C=O) groups excluding carboxylic acids is 4. The number of thioether (sulfide) groups is 1. The predicted molar refractivity (Wildman–Crippen MR) is 121 cm³/mol. The fourth-order valence-corrected chi connectivity index (χ4v) is 3.48. The van der Waals surface area contributed by atoms with Gasteiger partial charge in [0.15, 0.2) is 0 Å². The Morgan fingerprint density at radius 1 is 0.853 bits per heavy atom. The lowest BCUT2D eigenvalue weighted by atomic mass is 10.2. The molecule has 34 heavy (non-hydrogen) atoms. The van der Waals surface area contributed by atoms with E-state index in [0.717, 1.165) is 16.7 Å². The Kier molecular flexibility index (Phi) is 8.58. The van der Waals surface area contributed by atoms with E-state index in [4.69, 9.17) is 9.47 Å². The van der Waals surface area contributed by atoms with Gasteiger partial charge in [0.2, 0.25) is 10.9 Å². The molecule has 0 saturated heterocycles. The van der Waals surface area contributed by atoms with Crippen molar-refractivity contribution in [2.45, 2.75) is 4.90 Å². The second kappa shape index (κ2) is 11.8.